The molecule has 0 heterocycles. The van der Waals surface area contributed by atoms with E-state index in [0.717, 1.165) is 11.1 Å². The molecule has 0 bridgehead atoms. The van der Waals surface area contributed by atoms with E-state index in [0.29, 0.717) is 5.56 Å². The van der Waals surface area contributed by atoms with E-state index in [1.807, 2.05) is 54.6 Å². The summed E-state index contributed by atoms with van der Waals surface area (Å²) in [6.07, 6.45) is 0. The molecule has 0 amide bonds. The van der Waals surface area contributed by atoms with Gasteiger partial charge in [0, 0.05) is 11.5 Å². The molecular weight excluding hydrogens is 319 g/mol. The standard InChI is InChI=1S/C20H23O3P/c1-14(20(2,3)19(22)23-24-4)18(21)17-12-10-16(11-13-17)15-8-6-5-7-9-15/h5-14,24H,1-4H3. The molecule has 2 aromatic carbocycles. The smallest absolute Gasteiger partial charge is 0.314 e. The number of rotatable bonds is 6. The van der Waals surface area contributed by atoms with Crippen molar-refractivity contribution < 1.29 is 14.1 Å². The lowest BCUT2D eigenvalue weighted by molar-refractivity contribution is -0.144. The van der Waals surface area contributed by atoms with Crippen LogP contribution in [0.2, 0.25) is 0 Å². The lowest BCUT2D eigenvalue weighted by Crippen LogP contribution is -2.36. The number of carbonyl (C=O) groups is 2. The molecule has 0 N–H and O–H groups in total. The topological polar surface area (TPSA) is 43.4 Å². The van der Waals surface area contributed by atoms with Crippen LogP contribution in [0.3, 0.4) is 0 Å². The van der Waals surface area contributed by atoms with Gasteiger partial charge in [0.05, 0.1) is 14.2 Å². The SMILES string of the molecule is CPOC(=O)C(C)(C)C(C)C(=O)c1ccc(-c2ccccc2)cc1. The second-order valence-electron chi connectivity index (χ2n) is 6.34. The second kappa shape index (κ2) is 7.72. The van der Waals surface area contributed by atoms with Gasteiger partial charge in [0.15, 0.2) is 5.78 Å². The van der Waals surface area contributed by atoms with E-state index < -0.39 is 11.3 Å². The Labute approximate surface area is 145 Å². The molecule has 0 aliphatic carbocycles. The van der Waals surface area contributed by atoms with Crippen LogP contribution < -0.4 is 0 Å². The Bertz CT molecular complexity index is 705. The van der Waals surface area contributed by atoms with Crippen LogP contribution in [-0.4, -0.2) is 18.4 Å². The van der Waals surface area contributed by atoms with Gasteiger partial charge in [0.25, 0.3) is 0 Å². The van der Waals surface area contributed by atoms with Crippen molar-refractivity contribution in [2.45, 2.75) is 20.8 Å². The molecule has 0 radical (unpaired) electrons. The van der Waals surface area contributed by atoms with Crippen molar-refractivity contribution >= 4 is 20.6 Å². The predicted octanol–water partition coefficient (Wildman–Crippen LogP) is 4.97. The minimum Gasteiger partial charge on any atom is -0.448 e. The Hall–Kier alpha value is -1.99. The van der Waals surface area contributed by atoms with Gasteiger partial charge in [-0.1, -0.05) is 61.5 Å². The highest BCUT2D eigenvalue weighted by Gasteiger charge is 2.39. The molecule has 3 nitrogen and oxygen atoms in total. The number of ketones is 1. The lowest BCUT2D eigenvalue weighted by atomic mass is 9.76. The van der Waals surface area contributed by atoms with Gasteiger partial charge >= 0.3 is 5.97 Å². The van der Waals surface area contributed by atoms with E-state index in [9.17, 15) is 9.59 Å². The van der Waals surface area contributed by atoms with Crippen LogP contribution in [0, 0.1) is 11.3 Å². The Morgan fingerprint density at radius 3 is 2.04 bits per heavy atom. The Morgan fingerprint density at radius 1 is 0.958 bits per heavy atom. The van der Waals surface area contributed by atoms with Gasteiger partial charge in [0.2, 0.25) is 0 Å². The zero-order valence-corrected chi connectivity index (χ0v) is 15.5. The molecule has 0 aliphatic heterocycles. The minimum absolute atomic E-state index is 0.0454. The van der Waals surface area contributed by atoms with Crippen LogP contribution in [0.4, 0.5) is 0 Å². The van der Waals surface area contributed by atoms with Gasteiger partial charge in [-0.05, 0) is 31.6 Å². The largest absolute Gasteiger partial charge is 0.448 e. The summed E-state index contributed by atoms with van der Waals surface area (Å²) in [5.41, 5.74) is 1.93. The van der Waals surface area contributed by atoms with Crippen LogP contribution in [0.1, 0.15) is 31.1 Å². The number of carbonyl (C=O) groups excluding carboxylic acids is 2. The third-order valence-electron chi connectivity index (χ3n) is 4.47. The number of hydrogen-bond acceptors (Lipinski definition) is 3. The average molecular weight is 342 g/mol. The van der Waals surface area contributed by atoms with Crippen molar-refractivity contribution in [2.75, 3.05) is 6.66 Å². The number of hydrogen-bond donors (Lipinski definition) is 0. The maximum atomic E-state index is 12.7. The summed E-state index contributed by atoms with van der Waals surface area (Å²) in [5, 5.41) is 0. The highest BCUT2D eigenvalue weighted by atomic mass is 31.1. The molecule has 0 spiro atoms. The minimum atomic E-state index is -0.849. The van der Waals surface area contributed by atoms with Gasteiger partial charge in [0.1, 0.15) is 0 Å². The molecule has 0 aliphatic rings. The Morgan fingerprint density at radius 2 is 1.50 bits per heavy atom. The van der Waals surface area contributed by atoms with Crippen molar-refractivity contribution in [3.63, 3.8) is 0 Å². The quantitative estimate of drug-likeness (QED) is 0.550. The van der Waals surface area contributed by atoms with Gasteiger partial charge in [-0.15, -0.1) is 0 Å². The van der Waals surface area contributed by atoms with Gasteiger partial charge in [-0.2, -0.15) is 0 Å². The van der Waals surface area contributed by atoms with Crippen molar-refractivity contribution in [1.82, 2.24) is 0 Å². The fraction of sp³-hybridized carbons (Fsp3) is 0.300. The number of Topliss-reactive ketones (excluding diaryl/α,β-unsaturated/α-hetero) is 1. The van der Waals surface area contributed by atoms with Crippen LogP contribution in [0.25, 0.3) is 11.1 Å². The molecule has 2 aromatic rings. The maximum Gasteiger partial charge on any atom is 0.314 e. The molecule has 2 rings (SSSR count). The summed E-state index contributed by atoms with van der Waals surface area (Å²) in [4.78, 5) is 24.9. The van der Waals surface area contributed by atoms with E-state index in [1.54, 1.807) is 27.4 Å². The average Bonchev–Trinajstić information content (AvgIpc) is 2.61. The van der Waals surface area contributed by atoms with Crippen LogP contribution >= 0.6 is 8.81 Å². The Kier molecular flexibility index (Phi) is 5.90. The maximum absolute atomic E-state index is 12.7. The molecule has 2 unspecified atom stereocenters. The van der Waals surface area contributed by atoms with E-state index in [-0.39, 0.29) is 20.6 Å². The fourth-order valence-corrected chi connectivity index (χ4v) is 2.88. The van der Waals surface area contributed by atoms with Crippen molar-refractivity contribution in [2.24, 2.45) is 11.3 Å². The molecular formula is C20H23O3P. The van der Waals surface area contributed by atoms with Crippen molar-refractivity contribution in [3.8, 4) is 11.1 Å². The highest BCUT2D eigenvalue weighted by molar-refractivity contribution is 7.31. The van der Waals surface area contributed by atoms with Gasteiger partial charge in [-0.25, -0.2) is 0 Å². The van der Waals surface area contributed by atoms with Crippen LogP contribution in [0.15, 0.2) is 54.6 Å². The third kappa shape index (κ3) is 3.91. The molecule has 4 heteroatoms. The van der Waals surface area contributed by atoms with Crippen molar-refractivity contribution in [3.05, 3.63) is 60.2 Å². The van der Waals surface area contributed by atoms with Gasteiger partial charge in [-0.3, -0.25) is 9.59 Å². The third-order valence-corrected chi connectivity index (χ3v) is 4.86. The fourth-order valence-electron chi connectivity index (χ4n) is 2.44. The molecule has 0 saturated carbocycles. The molecule has 0 fully saturated rings. The first-order valence-electron chi connectivity index (χ1n) is 7.95. The van der Waals surface area contributed by atoms with E-state index in [2.05, 4.69) is 0 Å². The Balaban J connectivity index is 2.19. The molecule has 0 saturated heterocycles. The van der Waals surface area contributed by atoms with E-state index >= 15 is 0 Å². The van der Waals surface area contributed by atoms with E-state index in [1.165, 1.54) is 0 Å². The summed E-state index contributed by atoms with van der Waals surface area (Å²) in [6.45, 7) is 7.10. The molecule has 126 valence electrons. The predicted molar refractivity (Wildman–Crippen MR) is 99.5 cm³/mol. The summed E-state index contributed by atoms with van der Waals surface area (Å²) < 4.78 is 5.13. The summed E-state index contributed by atoms with van der Waals surface area (Å²) in [7, 11) is 0.0858. The number of benzene rings is 2. The monoisotopic (exact) mass is 342 g/mol. The summed E-state index contributed by atoms with van der Waals surface area (Å²) in [5.74, 6) is -0.829. The first-order chi connectivity index (χ1) is 11.4. The zero-order chi connectivity index (χ0) is 17.7. The normalized spacial score (nSPS) is 13.0. The summed E-state index contributed by atoms with van der Waals surface area (Å²) in [6, 6.07) is 17.5. The highest BCUT2D eigenvalue weighted by Crippen LogP contribution is 2.33. The van der Waals surface area contributed by atoms with E-state index in [4.69, 9.17) is 4.52 Å². The van der Waals surface area contributed by atoms with Gasteiger partial charge < -0.3 is 4.52 Å². The first kappa shape index (κ1) is 18.4. The van der Waals surface area contributed by atoms with Crippen molar-refractivity contribution in [1.29, 1.82) is 0 Å². The molecule has 2 atom stereocenters. The zero-order valence-electron chi connectivity index (χ0n) is 14.5. The van der Waals surface area contributed by atoms with Crippen LogP contribution in [-0.2, 0) is 9.32 Å². The lowest BCUT2D eigenvalue weighted by Gasteiger charge is -2.28. The molecule has 0 aromatic heterocycles. The van der Waals surface area contributed by atoms with Crippen LogP contribution in [0.5, 0.6) is 0 Å². The second-order valence-corrected chi connectivity index (χ2v) is 6.96. The first-order valence-corrected chi connectivity index (χ1v) is 9.36. The summed E-state index contributed by atoms with van der Waals surface area (Å²) >= 11 is 0. The molecule has 24 heavy (non-hydrogen) atoms.